The summed E-state index contributed by atoms with van der Waals surface area (Å²) >= 11 is 3.49. The minimum absolute atomic E-state index is 0.0136. The van der Waals surface area contributed by atoms with Crippen molar-refractivity contribution in [3.05, 3.63) is 52.6 Å². The molecule has 1 saturated heterocycles. The molecule has 0 atom stereocenters. The van der Waals surface area contributed by atoms with Crippen molar-refractivity contribution in [3.8, 4) is 5.69 Å². The van der Waals surface area contributed by atoms with Gasteiger partial charge in [-0.3, -0.25) is 4.79 Å². The molecule has 1 aliphatic rings. The van der Waals surface area contributed by atoms with Crippen LogP contribution >= 0.6 is 15.9 Å². The Bertz CT molecular complexity index is 1240. The predicted octanol–water partition coefficient (Wildman–Crippen LogP) is 2.63. The third-order valence-electron chi connectivity index (χ3n) is 5.38. The molecule has 1 fully saturated rings. The lowest BCUT2D eigenvalue weighted by Gasteiger charge is -2.31. The topological polar surface area (TPSA) is 106 Å². The van der Waals surface area contributed by atoms with Crippen LogP contribution in [0.15, 0.2) is 46.9 Å². The first kappa shape index (κ1) is 19.6. The number of amides is 1. The number of piperidine rings is 1. The molecule has 0 saturated carbocycles. The quantitative estimate of drug-likeness (QED) is 0.477. The van der Waals surface area contributed by atoms with Gasteiger partial charge in [-0.05, 0) is 60.5 Å². The van der Waals surface area contributed by atoms with E-state index in [1.54, 1.807) is 4.68 Å². The van der Waals surface area contributed by atoms with Gasteiger partial charge in [-0.2, -0.15) is 5.10 Å². The van der Waals surface area contributed by atoms with Gasteiger partial charge in [0, 0.05) is 29.5 Å². The first-order chi connectivity index (χ1) is 15.1. The van der Waals surface area contributed by atoms with E-state index in [0.717, 1.165) is 47.6 Å². The molecule has 0 unspecified atom stereocenters. The molecule has 0 bridgehead atoms. The number of benzene rings is 1. The number of anilines is 2. The molecule has 11 heteroatoms. The summed E-state index contributed by atoms with van der Waals surface area (Å²) in [5, 5.41) is 23.4. The fourth-order valence-electron chi connectivity index (χ4n) is 3.80. The number of hydrogen-bond donors (Lipinski definition) is 1. The molecule has 31 heavy (non-hydrogen) atoms. The van der Waals surface area contributed by atoms with Crippen LogP contribution in [-0.4, -0.2) is 54.0 Å². The van der Waals surface area contributed by atoms with E-state index in [1.807, 2.05) is 49.4 Å². The number of carbonyl (C=O) groups is 1. The Balaban J connectivity index is 1.26. The number of carbonyl (C=O) groups excluding carboxylic acids is 1. The zero-order chi connectivity index (χ0) is 21.4. The van der Waals surface area contributed by atoms with E-state index in [1.165, 1.54) is 4.63 Å². The van der Waals surface area contributed by atoms with Gasteiger partial charge in [0.25, 0.3) is 0 Å². The average Bonchev–Trinajstić information content (AvgIpc) is 3.39. The molecule has 0 aliphatic carbocycles. The van der Waals surface area contributed by atoms with Crippen molar-refractivity contribution in [2.45, 2.75) is 19.8 Å². The van der Waals surface area contributed by atoms with E-state index in [9.17, 15) is 4.79 Å². The van der Waals surface area contributed by atoms with Gasteiger partial charge in [0.05, 0.1) is 11.4 Å². The Morgan fingerprint density at radius 1 is 1.13 bits per heavy atom. The minimum atomic E-state index is -0.0702. The third-order valence-corrected chi connectivity index (χ3v) is 5.87. The smallest absolute Gasteiger partial charge is 0.228 e. The van der Waals surface area contributed by atoms with Crippen molar-refractivity contribution in [1.82, 2.24) is 35.0 Å². The molecule has 158 valence electrons. The second kappa shape index (κ2) is 8.06. The highest BCUT2D eigenvalue weighted by atomic mass is 79.9. The van der Waals surface area contributed by atoms with Crippen LogP contribution in [0.1, 0.15) is 18.5 Å². The van der Waals surface area contributed by atoms with Gasteiger partial charge in [-0.15, -0.1) is 14.8 Å². The van der Waals surface area contributed by atoms with Gasteiger partial charge < -0.3 is 10.2 Å². The van der Waals surface area contributed by atoms with Crippen LogP contribution in [0.3, 0.4) is 0 Å². The maximum absolute atomic E-state index is 13.0. The van der Waals surface area contributed by atoms with Crippen LogP contribution < -0.4 is 10.2 Å². The van der Waals surface area contributed by atoms with E-state index in [0.29, 0.717) is 11.5 Å². The molecular formula is C20H20BrN9O. The Hall–Kier alpha value is -3.34. The van der Waals surface area contributed by atoms with Crippen molar-refractivity contribution in [2.24, 2.45) is 5.92 Å². The van der Waals surface area contributed by atoms with Crippen molar-refractivity contribution in [3.63, 3.8) is 0 Å². The number of aryl methyl sites for hydroxylation is 1. The first-order valence-corrected chi connectivity index (χ1v) is 10.8. The summed E-state index contributed by atoms with van der Waals surface area (Å²) in [4.78, 5) is 15.1. The lowest BCUT2D eigenvalue weighted by Crippen LogP contribution is -2.39. The third kappa shape index (κ3) is 4.00. The van der Waals surface area contributed by atoms with E-state index in [2.05, 4.69) is 51.9 Å². The second-order valence-electron chi connectivity index (χ2n) is 7.53. The second-order valence-corrected chi connectivity index (χ2v) is 8.45. The average molecular weight is 482 g/mol. The number of hydrogen-bond acceptors (Lipinski definition) is 7. The monoisotopic (exact) mass is 481 g/mol. The molecule has 1 N–H and O–H groups in total. The van der Waals surface area contributed by atoms with Crippen LogP contribution in [0.4, 0.5) is 11.6 Å². The standard InChI is InChI=1S/C20H20BrN9O/c1-13-11-19(29(24-13)16-4-2-3-15(21)12-16)22-20(31)14-7-9-28(10-8-14)18-6-5-17-23-26-27-30(17)25-18/h2-6,11-12,14H,7-10H2,1H3,(H,22,31). The van der Waals surface area contributed by atoms with E-state index in [4.69, 9.17) is 0 Å². The van der Waals surface area contributed by atoms with Gasteiger partial charge in [-0.1, -0.05) is 22.0 Å². The largest absolute Gasteiger partial charge is 0.355 e. The van der Waals surface area contributed by atoms with Crippen molar-refractivity contribution in [2.75, 3.05) is 23.3 Å². The number of fused-ring (bicyclic) bond motifs is 1. The SMILES string of the molecule is Cc1cc(NC(=O)C2CCN(c3ccc4nnnn4n3)CC2)n(-c2cccc(Br)c2)n1. The number of rotatable bonds is 4. The molecule has 3 aromatic heterocycles. The summed E-state index contributed by atoms with van der Waals surface area (Å²) < 4.78 is 4.13. The van der Waals surface area contributed by atoms with Crippen LogP contribution in [0.5, 0.6) is 0 Å². The predicted molar refractivity (Wildman–Crippen MR) is 118 cm³/mol. The Morgan fingerprint density at radius 2 is 1.97 bits per heavy atom. The summed E-state index contributed by atoms with van der Waals surface area (Å²) in [6, 6.07) is 13.5. The molecule has 1 amide bonds. The number of aromatic nitrogens is 7. The molecule has 1 aliphatic heterocycles. The van der Waals surface area contributed by atoms with Gasteiger partial charge in [0.15, 0.2) is 11.5 Å². The first-order valence-electron chi connectivity index (χ1n) is 10.0. The Morgan fingerprint density at radius 3 is 2.77 bits per heavy atom. The maximum Gasteiger partial charge on any atom is 0.228 e. The lowest BCUT2D eigenvalue weighted by atomic mass is 9.96. The number of tetrazole rings is 1. The highest BCUT2D eigenvalue weighted by molar-refractivity contribution is 9.10. The molecule has 1 aromatic carbocycles. The maximum atomic E-state index is 13.0. The summed E-state index contributed by atoms with van der Waals surface area (Å²) in [5.74, 6) is 1.43. The van der Waals surface area contributed by atoms with Crippen molar-refractivity contribution < 1.29 is 4.79 Å². The molecule has 0 spiro atoms. The summed E-state index contributed by atoms with van der Waals surface area (Å²) in [5.41, 5.74) is 2.33. The van der Waals surface area contributed by atoms with Gasteiger partial charge in [0.1, 0.15) is 5.82 Å². The van der Waals surface area contributed by atoms with Crippen LogP contribution in [0, 0.1) is 12.8 Å². The number of nitrogens with zero attached hydrogens (tertiary/aromatic N) is 8. The molecule has 5 rings (SSSR count). The highest BCUT2D eigenvalue weighted by Gasteiger charge is 2.27. The molecule has 0 radical (unpaired) electrons. The van der Waals surface area contributed by atoms with Crippen molar-refractivity contribution in [1.29, 1.82) is 0 Å². The van der Waals surface area contributed by atoms with Crippen LogP contribution in [0.2, 0.25) is 0 Å². The van der Waals surface area contributed by atoms with E-state index >= 15 is 0 Å². The Labute approximate surface area is 186 Å². The fraction of sp³-hybridized carbons (Fsp3) is 0.300. The van der Waals surface area contributed by atoms with E-state index < -0.39 is 0 Å². The summed E-state index contributed by atoms with van der Waals surface area (Å²) in [6.45, 7) is 3.39. The van der Waals surface area contributed by atoms with Gasteiger partial charge in [-0.25, -0.2) is 4.68 Å². The molecule has 4 aromatic rings. The Kier molecular flexibility index (Phi) is 5.10. The van der Waals surface area contributed by atoms with Crippen LogP contribution in [0.25, 0.3) is 11.3 Å². The summed E-state index contributed by atoms with van der Waals surface area (Å²) in [6.07, 6.45) is 1.48. The lowest BCUT2D eigenvalue weighted by molar-refractivity contribution is -0.120. The number of halogens is 1. The van der Waals surface area contributed by atoms with Crippen molar-refractivity contribution >= 4 is 39.1 Å². The zero-order valence-corrected chi connectivity index (χ0v) is 18.4. The van der Waals surface area contributed by atoms with Gasteiger partial charge >= 0.3 is 0 Å². The zero-order valence-electron chi connectivity index (χ0n) is 16.8. The molecule has 10 nitrogen and oxygen atoms in total. The minimum Gasteiger partial charge on any atom is -0.355 e. The number of nitrogens with one attached hydrogen (secondary N) is 1. The van der Waals surface area contributed by atoms with E-state index in [-0.39, 0.29) is 11.8 Å². The molecular weight excluding hydrogens is 462 g/mol. The normalized spacial score (nSPS) is 14.8. The fourth-order valence-corrected chi connectivity index (χ4v) is 4.19. The summed E-state index contributed by atoms with van der Waals surface area (Å²) in [7, 11) is 0. The molecule has 4 heterocycles. The highest BCUT2D eigenvalue weighted by Crippen LogP contribution is 2.25. The van der Waals surface area contributed by atoms with Crippen LogP contribution in [-0.2, 0) is 4.79 Å². The van der Waals surface area contributed by atoms with Gasteiger partial charge in [0.2, 0.25) is 5.91 Å².